The molecule has 0 radical (unpaired) electrons. The number of methoxy groups -OCH3 is 1. The fourth-order valence-corrected chi connectivity index (χ4v) is 2.81. The zero-order chi connectivity index (χ0) is 17.7. The van der Waals surface area contributed by atoms with Crippen molar-refractivity contribution in [3.8, 4) is 0 Å². The molecule has 0 bridgehead atoms. The molecule has 3 N–H and O–H groups in total. The first kappa shape index (κ1) is 21.4. The van der Waals surface area contributed by atoms with E-state index in [1.165, 1.54) is 30.7 Å². The van der Waals surface area contributed by atoms with Crippen LogP contribution in [0.25, 0.3) is 0 Å². The number of rotatable bonds is 6. The predicted octanol–water partition coefficient (Wildman–Crippen LogP) is 3.09. The maximum atomic E-state index is 12.7. The van der Waals surface area contributed by atoms with Crippen LogP contribution < -0.4 is 11.1 Å². The van der Waals surface area contributed by atoms with E-state index in [0.717, 1.165) is 17.0 Å². The Hall–Kier alpha value is -1.68. The first-order valence-corrected chi connectivity index (χ1v) is 7.77. The lowest BCUT2D eigenvalue weighted by Gasteiger charge is -2.09. The van der Waals surface area contributed by atoms with E-state index < -0.39 is 23.7 Å². The molecule has 2 rings (SSSR count). The highest BCUT2D eigenvalue weighted by Crippen LogP contribution is 2.30. The van der Waals surface area contributed by atoms with Gasteiger partial charge in [0.1, 0.15) is 6.04 Å². The number of hydrogen-bond acceptors (Lipinski definition) is 5. The molecule has 0 aliphatic rings. The Labute approximate surface area is 152 Å². The average molecular weight is 396 g/mol. The Morgan fingerprint density at radius 1 is 1.44 bits per heavy atom. The normalized spacial score (nSPS) is 12.4. The summed E-state index contributed by atoms with van der Waals surface area (Å²) < 4.78 is 42.9. The number of ether oxygens (including phenoxy) is 1. The van der Waals surface area contributed by atoms with Crippen LogP contribution in [0.3, 0.4) is 0 Å². The van der Waals surface area contributed by atoms with Crippen LogP contribution in [-0.4, -0.2) is 30.6 Å². The van der Waals surface area contributed by atoms with E-state index in [2.05, 4.69) is 10.3 Å². The first-order valence-electron chi connectivity index (χ1n) is 6.96. The molecule has 1 aromatic carbocycles. The highest BCUT2D eigenvalue weighted by Gasteiger charge is 2.30. The Balaban J connectivity index is 0.00000312. The molecule has 0 aliphatic heterocycles. The number of benzene rings is 1. The van der Waals surface area contributed by atoms with Crippen molar-refractivity contribution in [1.29, 1.82) is 0 Å². The lowest BCUT2D eigenvalue weighted by molar-refractivity contribution is -0.137. The van der Waals surface area contributed by atoms with Crippen molar-refractivity contribution in [1.82, 2.24) is 4.98 Å². The third-order valence-corrected chi connectivity index (χ3v) is 4.01. The van der Waals surface area contributed by atoms with Crippen molar-refractivity contribution in [2.24, 2.45) is 5.73 Å². The largest absolute Gasteiger partial charge is 0.416 e. The van der Waals surface area contributed by atoms with Crippen LogP contribution in [0.5, 0.6) is 0 Å². The van der Waals surface area contributed by atoms with Crippen LogP contribution in [0.15, 0.2) is 30.5 Å². The van der Waals surface area contributed by atoms with E-state index in [0.29, 0.717) is 17.1 Å². The second-order valence-corrected chi connectivity index (χ2v) is 6.17. The minimum Gasteiger partial charge on any atom is -0.383 e. The fourth-order valence-electron chi connectivity index (χ4n) is 1.96. The third-order valence-electron chi connectivity index (χ3n) is 3.10. The van der Waals surface area contributed by atoms with E-state index in [4.69, 9.17) is 10.5 Å². The maximum Gasteiger partial charge on any atom is 0.416 e. The van der Waals surface area contributed by atoms with Gasteiger partial charge >= 0.3 is 6.18 Å². The zero-order valence-electron chi connectivity index (χ0n) is 13.2. The summed E-state index contributed by atoms with van der Waals surface area (Å²) in [4.78, 5) is 16.5. The lowest BCUT2D eigenvalue weighted by atomic mass is 10.1. The Morgan fingerprint density at radius 3 is 2.80 bits per heavy atom. The molecule has 1 atom stereocenters. The van der Waals surface area contributed by atoms with Crippen molar-refractivity contribution in [3.05, 3.63) is 46.5 Å². The Bertz CT molecular complexity index is 709. The molecule has 0 fully saturated rings. The number of nitrogens with zero attached hydrogens (tertiary/aromatic N) is 1. The summed E-state index contributed by atoms with van der Waals surface area (Å²) in [5.74, 6) is -0.434. The van der Waals surface area contributed by atoms with Gasteiger partial charge in [-0.1, -0.05) is 18.2 Å². The van der Waals surface area contributed by atoms with Gasteiger partial charge in [0.2, 0.25) is 5.91 Å². The van der Waals surface area contributed by atoms with Gasteiger partial charge in [-0.3, -0.25) is 4.79 Å². The Kier molecular flexibility index (Phi) is 7.81. The summed E-state index contributed by atoms with van der Waals surface area (Å²) in [6, 6.07) is 4.30. The summed E-state index contributed by atoms with van der Waals surface area (Å²) in [5.41, 5.74) is 5.42. The molecule has 1 amide bonds. The van der Waals surface area contributed by atoms with Crippen molar-refractivity contribution in [2.45, 2.75) is 18.6 Å². The second kappa shape index (κ2) is 9.14. The minimum atomic E-state index is -4.37. The molecule has 10 heteroatoms. The number of thiazole rings is 1. The molecule has 25 heavy (non-hydrogen) atoms. The fraction of sp³-hybridized carbons (Fsp3) is 0.333. The highest BCUT2D eigenvalue weighted by molar-refractivity contribution is 7.15. The van der Waals surface area contributed by atoms with Gasteiger partial charge in [-0.25, -0.2) is 4.98 Å². The number of carbonyl (C=O) groups excluding carboxylic acids is 1. The summed E-state index contributed by atoms with van der Waals surface area (Å²) in [6.07, 6.45) is -2.57. The Morgan fingerprint density at radius 2 is 2.16 bits per heavy atom. The van der Waals surface area contributed by atoms with Crippen molar-refractivity contribution in [3.63, 3.8) is 0 Å². The number of carbonyl (C=O) groups is 1. The highest BCUT2D eigenvalue weighted by atomic mass is 35.5. The number of aromatic nitrogens is 1. The van der Waals surface area contributed by atoms with Crippen LogP contribution in [-0.2, 0) is 22.1 Å². The van der Waals surface area contributed by atoms with Gasteiger partial charge in [0.25, 0.3) is 0 Å². The first-order chi connectivity index (χ1) is 11.3. The van der Waals surface area contributed by atoms with Gasteiger partial charge in [-0.2, -0.15) is 13.2 Å². The van der Waals surface area contributed by atoms with E-state index in [1.54, 1.807) is 6.07 Å². The zero-order valence-corrected chi connectivity index (χ0v) is 14.8. The third kappa shape index (κ3) is 6.28. The number of amides is 1. The standard InChI is InChI=1S/C15H16F3N3O2S.ClH/c1-23-8-12(19)13(22)21-14-20-7-11(24-14)6-9-3-2-4-10(5-9)15(16,17)18;/h2-5,7,12H,6,8,19H2,1H3,(H,20,21,22);1H. The van der Waals surface area contributed by atoms with Gasteiger partial charge in [-0.15, -0.1) is 23.7 Å². The van der Waals surface area contributed by atoms with Gasteiger partial charge in [0.15, 0.2) is 5.13 Å². The molecule has 0 spiro atoms. The van der Waals surface area contributed by atoms with Crippen molar-refractivity contribution in [2.75, 3.05) is 19.0 Å². The summed E-state index contributed by atoms with van der Waals surface area (Å²) in [5, 5.41) is 2.89. The summed E-state index contributed by atoms with van der Waals surface area (Å²) in [6.45, 7) is 0.0777. The molecular weight excluding hydrogens is 379 g/mol. The number of hydrogen-bond donors (Lipinski definition) is 2. The van der Waals surface area contributed by atoms with E-state index in [-0.39, 0.29) is 19.0 Å². The van der Waals surface area contributed by atoms with Crippen molar-refractivity contribution >= 4 is 34.8 Å². The van der Waals surface area contributed by atoms with Crippen LogP contribution in [0.2, 0.25) is 0 Å². The molecule has 2 aromatic rings. The number of nitrogens with two attached hydrogens (primary N) is 1. The van der Waals surface area contributed by atoms with E-state index >= 15 is 0 Å². The summed E-state index contributed by atoms with van der Waals surface area (Å²) in [7, 11) is 1.43. The molecule has 0 saturated heterocycles. The minimum absolute atomic E-state index is 0. The van der Waals surface area contributed by atoms with Gasteiger partial charge < -0.3 is 15.8 Å². The molecule has 138 valence electrons. The number of alkyl halides is 3. The number of halogens is 4. The molecule has 5 nitrogen and oxygen atoms in total. The smallest absolute Gasteiger partial charge is 0.383 e. The van der Waals surface area contributed by atoms with Gasteiger partial charge in [0, 0.05) is 24.6 Å². The molecule has 0 aliphatic carbocycles. The monoisotopic (exact) mass is 395 g/mol. The van der Waals surface area contributed by atoms with Crippen LogP contribution in [0.1, 0.15) is 16.0 Å². The molecule has 1 aromatic heterocycles. The number of anilines is 1. The lowest BCUT2D eigenvalue weighted by Crippen LogP contribution is -2.39. The molecule has 1 unspecified atom stereocenters. The van der Waals surface area contributed by atoms with Crippen LogP contribution in [0, 0.1) is 0 Å². The van der Waals surface area contributed by atoms with Crippen molar-refractivity contribution < 1.29 is 22.7 Å². The van der Waals surface area contributed by atoms with E-state index in [9.17, 15) is 18.0 Å². The van der Waals surface area contributed by atoms with Gasteiger partial charge in [0.05, 0.1) is 12.2 Å². The van der Waals surface area contributed by atoms with E-state index in [1.807, 2.05) is 0 Å². The average Bonchev–Trinajstić information content (AvgIpc) is 2.94. The molecular formula is C15H17ClF3N3O2S. The van der Waals surface area contributed by atoms with Gasteiger partial charge in [-0.05, 0) is 11.6 Å². The second-order valence-electron chi connectivity index (χ2n) is 5.06. The number of nitrogens with one attached hydrogen (secondary N) is 1. The van der Waals surface area contributed by atoms with Crippen LogP contribution >= 0.6 is 23.7 Å². The quantitative estimate of drug-likeness (QED) is 0.788. The molecule has 0 saturated carbocycles. The topological polar surface area (TPSA) is 77.2 Å². The van der Waals surface area contributed by atoms with Crippen LogP contribution in [0.4, 0.5) is 18.3 Å². The molecule has 1 heterocycles. The summed E-state index contributed by atoms with van der Waals surface area (Å²) >= 11 is 1.18. The SMILES string of the molecule is COCC(N)C(=O)Nc1ncc(Cc2cccc(C(F)(F)F)c2)s1.Cl. The predicted molar refractivity (Wildman–Crippen MR) is 92.1 cm³/mol. The maximum absolute atomic E-state index is 12.7.